The highest BCUT2D eigenvalue weighted by Crippen LogP contribution is 2.75. The molecule has 5 aliphatic rings. The number of allylic oxidation sites excluding steroid dienone is 3. The molecule has 4 fully saturated rings. The van der Waals surface area contributed by atoms with Crippen LogP contribution in [0.5, 0.6) is 0 Å². The lowest BCUT2D eigenvalue weighted by Crippen LogP contribution is -2.56. The monoisotopic (exact) mass is 454 g/mol. The molecule has 1 aliphatic heterocycles. The molecular weight excluding hydrogens is 408 g/mol. The number of carbonyl (C=O) groups is 1. The molecular formula is C30H46O3. The molecule has 0 N–H and O–H groups in total. The van der Waals surface area contributed by atoms with Gasteiger partial charge in [0.15, 0.2) is 0 Å². The molecule has 1 saturated heterocycles. The molecule has 5 rings (SSSR count). The summed E-state index contributed by atoms with van der Waals surface area (Å²) in [7, 11) is 0. The van der Waals surface area contributed by atoms with Crippen molar-refractivity contribution in [1.82, 2.24) is 0 Å². The van der Waals surface area contributed by atoms with Crippen LogP contribution in [0.1, 0.15) is 93.4 Å². The van der Waals surface area contributed by atoms with Gasteiger partial charge in [-0.2, -0.15) is 0 Å². The van der Waals surface area contributed by atoms with Gasteiger partial charge in [0, 0.05) is 12.3 Å². The van der Waals surface area contributed by atoms with Crippen molar-refractivity contribution in [2.75, 3.05) is 0 Å². The fourth-order valence-electron chi connectivity index (χ4n) is 8.87. The van der Waals surface area contributed by atoms with Crippen molar-refractivity contribution in [2.24, 2.45) is 46.3 Å². The van der Waals surface area contributed by atoms with E-state index in [4.69, 9.17) is 9.47 Å². The average molecular weight is 455 g/mol. The zero-order valence-electron chi connectivity index (χ0n) is 22.0. The van der Waals surface area contributed by atoms with Crippen LogP contribution in [-0.4, -0.2) is 23.8 Å². The van der Waals surface area contributed by atoms with Crippen LogP contribution in [0.4, 0.5) is 0 Å². The first-order chi connectivity index (χ1) is 15.5. The number of epoxide rings is 1. The highest BCUT2D eigenvalue weighted by molar-refractivity contribution is 5.66. The first-order valence-corrected chi connectivity index (χ1v) is 13.8. The van der Waals surface area contributed by atoms with E-state index in [1.165, 1.54) is 19.3 Å². The Bertz CT molecular complexity index is 857. The van der Waals surface area contributed by atoms with Crippen LogP contribution in [-0.2, 0) is 14.3 Å². The van der Waals surface area contributed by atoms with Crippen LogP contribution in [0.3, 0.4) is 0 Å². The van der Waals surface area contributed by atoms with E-state index < -0.39 is 0 Å². The van der Waals surface area contributed by atoms with Crippen molar-refractivity contribution in [1.29, 1.82) is 0 Å². The molecule has 1 heterocycles. The maximum atomic E-state index is 11.6. The molecule has 0 aromatic carbocycles. The minimum absolute atomic E-state index is 0.0264. The third kappa shape index (κ3) is 3.42. The first-order valence-electron chi connectivity index (χ1n) is 13.8. The van der Waals surface area contributed by atoms with Gasteiger partial charge >= 0.3 is 5.97 Å². The van der Waals surface area contributed by atoms with E-state index in [1.54, 1.807) is 12.5 Å². The molecule has 0 bridgehead atoms. The molecule has 1 spiro atoms. The van der Waals surface area contributed by atoms with E-state index in [0.29, 0.717) is 41.1 Å². The van der Waals surface area contributed by atoms with Crippen molar-refractivity contribution >= 4 is 5.97 Å². The number of hydrogen-bond donors (Lipinski definition) is 0. The van der Waals surface area contributed by atoms with E-state index in [0.717, 1.165) is 31.6 Å². The van der Waals surface area contributed by atoms with E-state index in [9.17, 15) is 4.79 Å². The second-order valence-electron chi connectivity index (χ2n) is 13.2. The van der Waals surface area contributed by atoms with Crippen LogP contribution in [0.15, 0.2) is 23.8 Å². The Balaban J connectivity index is 1.38. The maximum Gasteiger partial charge on any atom is 0.302 e. The number of fused-ring (bicyclic) bond motifs is 3. The predicted octanol–water partition coefficient (Wildman–Crippen LogP) is 7.11. The molecule has 0 aromatic heterocycles. The summed E-state index contributed by atoms with van der Waals surface area (Å²) in [5, 5.41) is 0. The zero-order valence-corrected chi connectivity index (χ0v) is 22.0. The fraction of sp³-hybridized carbons (Fsp3) is 0.833. The zero-order chi connectivity index (χ0) is 23.8. The average Bonchev–Trinajstić information content (AvgIpc) is 3.36. The summed E-state index contributed by atoms with van der Waals surface area (Å²) >= 11 is 0. The molecule has 33 heavy (non-hydrogen) atoms. The number of esters is 1. The Kier molecular flexibility index (Phi) is 5.71. The van der Waals surface area contributed by atoms with Gasteiger partial charge in [0.2, 0.25) is 0 Å². The molecule has 0 amide bonds. The van der Waals surface area contributed by atoms with E-state index >= 15 is 0 Å². The SMILES string of the molecule is CC(=O)OC1CCC2(C)[C@@H](CC=C3C4CCC([C@H](C)/C=C/[C@H](C)C(C)C)C4(C)C[C@H]4O[C@@]342)C1. The standard InChI is InChI=1S/C30H46O3/c1-18(2)19(3)8-9-20(4)24-12-13-25-26-11-10-22-16-23(32-21(5)31)14-15-29(22,7)30(26)27(33-30)17-28(24,25)6/h8-9,11,18-20,22-25,27H,10,12-17H2,1-7H3/b9-8+/t19-,20+,22-,23?,24?,25?,27+,28?,29?,30-/m0/s1. The van der Waals surface area contributed by atoms with Crippen molar-refractivity contribution < 1.29 is 14.3 Å². The van der Waals surface area contributed by atoms with E-state index in [2.05, 4.69) is 59.8 Å². The minimum Gasteiger partial charge on any atom is -0.463 e. The van der Waals surface area contributed by atoms with Gasteiger partial charge in [-0.3, -0.25) is 4.79 Å². The van der Waals surface area contributed by atoms with Gasteiger partial charge in [0.1, 0.15) is 11.7 Å². The predicted molar refractivity (Wildman–Crippen MR) is 133 cm³/mol. The summed E-state index contributed by atoms with van der Waals surface area (Å²) in [6.45, 7) is 16.1. The number of ether oxygens (including phenoxy) is 2. The topological polar surface area (TPSA) is 38.8 Å². The Morgan fingerprint density at radius 1 is 1.15 bits per heavy atom. The van der Waals surface area contributed by atoms with Crippen LogP contribution in [0.25, 0.3) is 0 Å². The Hall–Kier alpha value is -1.09. The van der Waals surface area contributed by atoms with Crippen LogP contribution < -0.4 is 0 Å². The number of hydrogen-bond acceptors (Lipinski definition) is 3. The van der Waals surface area contributed by atoms with Gasteiger partial charge in [-0.15, -0.1) is 0 Å². The second kappa shape index (κ2) is 7.97. The largest absolute Gasteiger partial charge is 0.463 e. The summed E-state index contributed by atoms with van der Waals surface area (Å²) in [5.41, 5.74) is 2.18. The molecule has 184 valence electrons. The third-order valence-electron chi connectivity index (χ3n) is 11.2. The third-order valence-corrected chi connectivity index (χ3v) is 11.2. The van der Waals surface area contributed by atoms with Gasteiger partial charge in [-0.1, -0.05) is 59.8 Å². The highest BCUT2D eigenvalue weighted by atomic mass is 16.6. The lowest BCUT2D eigenvalue weighted by Gasteiger charge is -2.55. The van der Waals surface area contributed by atoms with Crippen molar-refractivity contribution in [3.8, 4) is 0 Å². The Morgan fingerprint density at radius 2 is 1.91 bits per heavy atom. The van der Waals surface area contributed by atoms with Gasteiger partial charge in [0.05, 0.1) is 6.10 Å². The summed E-state index contributed by atoms with van der Waals surface area (Å²) in [6, 6.07) is 0. The first kappa shape index (κ1) is 23.6. The Morgan fingerprint density at radius 3 is 2.61 bits per heavy atom. The van der Waals surface area contributed by atoms with Crippen molar-refractivity contribution in [3.05, 3.63) is 23.8 Å². The van der Waals surface area contributed by atoms with E-state index in [1.807, 2.05) is 0 Å². The van der Waals surface area contributed by atoms with Gasteiger partial charge in [-0.25, -0.2) is 0 Å². The quantitative estimate of drug-likeness (QED) is 0.252. The lowest BCUT2D eigenvalue weighted by atomic mass is 9.47. The molecule has 0 radical (unpaired) electrons. The molecule has 3 heteroatoms. The normalized spacial score (nSPS) is 47.8. The highest BCUT2D eigenvalue weighted by Gasteiger charge is 2.77. The van der Waals surface area contributed by atoms with Gasteiger partial charge < -0.3 is 9.47 Å². The van der Waals surface area contributed by atoms with Gasteiger partial charge in [-0.05, 0) is 91.4 Å². The molecule has 0 aromatic rings. The van der Waals surface area contributed by atoms with E-state index in [-0.39, 0.29) is 23.1 Å². The Labute approximate surface area is 201 Å². The van der Waals surface area contributed by atoms with Crippen LogP contribution in [0.2, 0.25) is 0 Å². The summed E-state index contributed by atoms with van der Waals surface area (Å²) < 4.78 is 12.5. The lowest BCUT2D eigenvalue weighted by molar-refractivity contribution is -0.152. The molecule has 10 atom stereocenters. The molecule has 3 nitrogen and oxygen atoms in total. The second-order valence-corrected chi connectivity index (χ2v) is 13.2. The number of carbonyl (C=O) groups excluding carboxylic acids is 1. The summed E-state index contributed by atoms with van der Waals surface area (Å²) in [4.78, 5) is 11.6. The fourth-order valence-corrected chi connectivity index (χ4v) is 8.87. The van der Waals surface area contributed by atoms with Crippen molar-refractivity contribution in [2.45, 2.75) is 111 Å². The maximum absolute atomic E-state index is 11.6. The summed E-state index contributed by atoms with van der Waals surface area (Å²) in [6.07, 6.45) is 16.2. The molecule has 5 unspecified atom stereocenters. The van der Waals surface area contributed by atoms with Crippen molar-refractivity contribution in [3.63, 3.8) is 0 Å². The minimum atomic E-state index is -0.134. The molecule has 3 saturated carbocycles. The molecule has 4 aliphatic carbocycles. The summed E-state index contributed by atoms with van der Waals surface area (Å²) in [5.74, 6) is 3.81. The van der Waals surface area contributed by atoms with Gasteiger partial charge in [0.25, 0.3) is 0 Å². The van der Waals surface area contributed by atoms with Crippen LogP contribution >= 0.6 is 0 Å². The number of rotatable bonds is 5. The smallest absolute Gasteiger partial charge is 0.302 e. The van der Waals surface area contributed by atoms with Crippen LogP contribution in [0, 0.1) is 46.3 Å².